The summed E-state index contributed by atoms with van der Waals surface area (Å²) in [4.78, 5) is 41.6. The van der Waals surface area contributed by atoms with Crippen molar-refractivity contribution in [3.8, 4) is 11.5 Å². The lowest BCUT2D eigenvalue weighted by molar-refractivity contribution is -0.146. The van der Waals surface area contributed by atoms with Crippen LogP contribution in [0.15, 0.2) is 23.6 Å². The highest BCUT2D eigenvalue weighted by Crippen LogP contribution is 2.34. The van der Waals surface area contributed by atoms with E-state index >= 15 is 0 Å². The monoisotopic (exact) mass is 403 g/mol. The van der Waals surface area contributed by atoms with Crippen molar-refractivity contribution >= 4 is 39.9 Å². The van der Waals surface area contributed by atoms with Crippen LogP contribution in [0, 0.1) is 0 Å². The smallest absolute Gasteiger partial charge is 0.312 e. The Kier molecular flexibility index (Phi) is 5.11. The number of amides is 2. The zero-order chi connectivity index (χ0) is 19.5. The Morgan fingerprint density at radius 3 is 2.96 bits per heavy atom. The molecule has 1 fully saturated rings. The maximum Gasteiger partial charge on any atom is 0.312 e. The molecule has 1 aromatic heterocycles. The van der Waals surface area contributed by atoms with Crippen molar-refractivity contribution in [3.63, 3.8) is 0 Å². The van der Waals surface area contributed by atoms with E-state index in [1.165, 1.54) is 11.3 Å². The summed E-state index contributed by atoms with van der Waals surface area (Å²) in [6, 6.07) is 5.00. The second kappa shape index (κ2) is 7.85. The van der Waals surface area contributed by atoms with E-state index in [4.69, 9.17) is 14.2 Å². The molecule has 10 heteroatoms. The Balaban J connectivity index is 1.25. The van der Waals surface area contributed by atoms with Gasteiger partial charge >= 0.3 is 5.97 Å². The molecule has 0 radical (unpaired) electrons. The Labute approximate surface area is 164 Å². The van der Waals surface area contributed by atoms with Crippen LogP contribution in [0.25, 0.3) is 0 Å². The number of hydrogen-bond donors (Lipinski definition) is 1. The number of carbonyl (C=O) groups is 3. The summed E-state index contributed by atoms with van der Waals surface area (Å²) in [5, 5.41) is 4.93. The summed E-state index contributed by atoms with van der Waals surface area (Å²) in [6.07, 6.45) is 1.28. The largest absolute Gasteiger partial charge is 0.455 e. The first-order valence-electron chi connectivity index (χ1n) is 8.68. The minimum atomic E-state index is -0.564. The topological polar surface area (TPSA) is 107 Å². The quantitative estimate of drug-likeness (QED) is 0.732. The van der Waals surface area contributed by atoms with Crippen LogP contribution in [0.2, 0.25) is 0 Å². The van der Waals surface area contributed by atoms with Crippen molar-refractivity contribution in [3.05, 3.63) is 29.3 Å². The van der Waals surface area contributed by atoms with Crippen molar-refractivity contribution in [1.29, 1.82) is 0 Å². The molecule has 2 aliphatic rings. The number of benzene rings is 1. The molecule has 146 valence electrons. The number of ether oxygens (including phenoxy) is 3. The molecule has 1 aromatic carbocycles. The number of rotatable bonds is 6. The zero-order valence-corrected chi connectivity index (χ0v) is 15.6. The van der Waals surface area contributed by atoms with Gasteiger partial charge in [-0.2, -0.15) is 0 Å². The van der Waals surface area contributed by atoms with Gasteiger partial charge in [0.25, 0.3) is 5.91 Å². The second-order valence-corrected chi connectivity index (χ2v) is 7.06. The van der Waals surface area contributed by atoms with Crippen molar-refractivity contribution in [2.45, 2.75) is 19.3 Å². The van der Waals surface area contributed by atoms with Crippen LogP contribution in [0.5, 0.6) is 11.5 Å². The van der Waals surface area contributed by atoms with Crippen LogP contribution in [0.4, 0.5) is 10.8 Å². The highest BCUT2D eigenvalue weighted by atomic mass is 32.1. The third-order valence-electron chi connectivity index (χ3n) is 4.19. The Morgan fingerprint density at radius 1 is 1.29 bits per heavy atom. The third kappa shape index (κ3) is 4.06. The average molecular weight is 403 g/mol. The number of fused-ring (bicyclic) bond motifs is 1. The number of anilines is 2. The molecule has 9 nitrogen and oxygen atoms in total. The predicted molar refractivity (Wildman–Crippen MR) is 99.6 cm³/mol. The van der Waals surface area contributed by atoms with E-state index < -0.39 is 18.5 Å². The molecule has 1 saturated heterocycles. The highest BCUT2D eigenvalue weighted by molar-refractivity contribution is 7.14. The molecule has 0 unspecified atom stereocenters. The number of nitrogens with one attached hydrogen (secondary N) is 1. The summed E-state index contributed by atoms with van der Waals surface area (Å²) in [5.74, 6) is 0.177. The number of esters is 1. The molecular formula is C18H17N3O6S. The molecule has 2 aliphatic heterocycles. The summed E-state index contributed by atoms with van der Waals surface area (Å²) in [5.41, 5.74) is 1.03. The molecule has 0 bridgehead atoms. The summed E-state index contributed by atoms with van der Waals surface area (Å²) < 4.78 is 15.5. The van der Waals surface area contributed by atoms with Crippen molar-refractivity contribution in [2.75, 3.05) is 30.2 Å². The SMILES string of the molecule is O=C(COC(=O)Cc1csc(N2CCCC2=O)n1)Nc1ccc2c(c1)OCO2. The van der Waals surface area contributed by atoms with E-state index in [-0.39, 0.29) is 19.1 Å². The lowest BCUT2D eigenvalue weighted by atomic mass is 10.3. The van der Waals surface area contributed by atoms with Gasteiger partial charge in [-0.25, -0.2) is 4.98 Å². The fourth-order valence-electron chi connectivity index (χ4n) is 2.87. The van der Waals surface area contributed by atoms with E-state index in [1.807, 2.05) is 0 Å². The van der Waals surface area contributed by atoms with Gasteiger partial charge < -0.3 is 19.5 Å². The minimum Gasteiger partial charge on any atom is -0.455 e. The standard InChI is InChI=1S/C18H17N3O6S/c22-15(19-11-3-4-13-14(6-11)27-10-26-13)8-25-17(24)7-12-9-28-18(20-12)21-5-1-2-16(21)23/h3-4,6,9H,1-2,5,7-8,10H2,(H,19,22). The maximum atomic E-state index is 12.0. The van der Waals surface area contributed by atoms with Crippen molar-refractivity contribution in [1.82, 2.24) is 4.98 Å². The van der Waals surface area contributed by atoms with E-state index in [2.05, 4.69) is 10.3 Å². The van der Waals surface area contributed by atoms with Crippen molar-refractivity contribution < 1.29 is 28.6 Å². The van der Waals surface area contributed by atoms with E-state index in [0.29, 0.717) is 41.0 Å². The van der Waals surface area contributed by atoms with Gasteiger partial charge in [0, 0.05) is 30.1 Å². The Hall–Kier alpha value is -3.14. The first kappa shape index (κ1) is 18.2. The third-order valence-corrected chi connectivity index (χ3v) is 5.10. The predicted octanol–water partition coefficient (Wildman–Crippen LogP) is 1.72. The molecule has 0 atom stereocenters. The zero-order valence-electron chi connectivity index (χ0n) is 14.8. The first-order chi connectivity index (χ1) is 13.6. The second-order valence-electron chi connectivity index (χ2n) is 6.22. The molecule has 4 rings (SSSR count). The molecule has 0 spiro atoms. The van der Waals surface area contributed by atoms with Crippen LogP contribution in [-0.2, 0) is 25.5 Å². The van der Waals surface area contributed by atoms with Gasteiger partial charge in [0.15, 0.2) is 23.2 Å². The number of hydrogen-bond acceptors (Lipinski definition) is 8. The van der Waals surface area contributed by atoms with Gasteiger partial charge in [-0.05, 0) is 18.6 Å². The minimum absolute atomic E-state index is 0.0451. The number of carbonyl (C=O) groups excluding carboxylic acids is 3. The van der Waals surface area contributed by atoms with Crippen LogP contribution in [0.3, 0.4) is 0 Å². The first-order valence-corrected chi connectivity index (χ1v) is 9.56. The Bertz CT molecular complexity index is 928. The average Bonchev–Trinajstić information content (AvgIpc) is 3.40. The number of thiazole rings is 1. The maximum absolute atomic E-state index is 12.0. The molecule has 1 N–H and O–H groups in total. The lowest BCUT2D eigenvalue weighted by Gasteiger charge is -2.10. The molecule has 2 amide bonds. The van der Waals surface area contributed by atoms with Crippen molar-refractivity contribution in [2.24, 2.45) is 0 Å². The molecule has 3 heterocycles. The highest BCUT2D eigenvalue weighted by Gasteiger charge is 2.24. The summed E-state index contributed by atoms with van der Waals surface area (Å²) >= 11 is 1.31. The van der Waals surface area contributed by atoms with E-state index in [0.717, 1.165) is 6.42 Å². The van der Waals surface area contributed by atoms with Gasteiger partial charge in [-0.15, -0.1) is 11.3 Å². The van der Waals surface area contributed by atoms with Crippen LogP contribution in [-0.4, -0.2) is 42.7 Å². The van der Waals surface area contributed by atoms with Gasteiger partial charge in [0.1, 0.15) is 0 Å². The van der Waals surface area contributed by atoms with Gasteiger partial charge in [0.05, 0.1) is 12.1 Å². The lowest BCUT2D eigenvalue weighted by Crippen LogP contribution is -2.23. The van der Waals surface area contributed by atoms with Gasteiger partial charge in [0.2, 0.25) is 12.7 Å². The number of nitrogens with zero attached hydrogens (tertiary/aromatic N) is 2. The van der Waals surface area contributed by atoms with Crippen LogP contribution < -0.4 is 19.7 Å². The summed E-state index contributed by atoms with van der Waals surface area (Å²) in [7, 11) is 0. The fourth-order valence-corrected chi connectivity index (χ4v) is 3.74. The van der Waals surface area contributed by atoms with E-state index in [1.54, 1.807) is 28.5 Å². The molecular weight excluding hydrogens is 386 g/mol. The van der Waals surface area contributed by atoms with Crippen LogP contribution >= 0.6 is 11.3 Å². The molecule has 0 aliphatic carbocycles. The molecule has 2 aromatic rings. The van der Waals surface area contributed by atoms with Gasteiger partial charge in [-0.3, -0.25) is 19.3 Å². The normalized spacial score (nSPS) is 15.0. The van der Waals surface area contributed by atoms with Gasteiger partial charge in [-0.1, -0.05) is 0 Å². The number of aromatic nitrogens is 1. The van der Waals surface area contributed by atoms with E-state index in [9.17, 15) is 14.4 Å². The molecule has 0 saturated carbocycles. The van der Waals surface area contributed by atoms with Crippen LogP contribution in [0.1, 0.15) is 18.5 Å². The molecule has 28 heavy (non-hydrogen) atoms. The summed E-state index contributed by atoms with van der Waals surface area (Å²) in [6.45, 7) is 0.389. The fraction of sp³-hybridized carbons (Fsp3) is 0.333. The Morgan fingerprint density at radius 2 is 2.14 bits per heavy atom.